The van der Waals surface area contributed by atoms with Crippen LogP contribution in [0.5, 0.6) is 0 Å². The molecule has 1 aliphatic rings. The highest BCUT2D eigenvalue weighted by Gasteiger charge is 2.34. The van der Waals surface area contributed by atoms with Gasteiger partial charge in [-0.2, -0.15) is 4.98 Å². The molecule has 0 aliphatic carbocycles. The summed E-state index contributed by atoms with van der Waals surface area (Å²) in [5.74, 6) is -0.0502. The summed E-state index contributed by atoms with van der Waals surface area (Å²) in [6, 6.07) is 10.9. The van der Waals surface area contributed by atoms with Crippen molar-refractivity contribution < 1.29 is 14.1 Å². The fraction of sp³-hybridized carbons (Fsp3) is 0.250. The fourth-order valence-electron chi connectivity index (χ4n) is 3.20. The molecule has 148 valence electrons. The third-order valence-electron chi connectivity index (χ3n) is 4.68. The molecule has 1 aromatic carbocycles. The third kappa shape index (κ3) is 4.43. The first kappa shape index (κ1) is 19.1. The van der Waals surface area contributed by atoms with Crippen molar-refractivity contribution in [3.05, 3.63) is 65.3 Å². The van der Waals surface area contributed by atoms with Crippen LogP contribution >= 0.6 is 11.6 Å². The number of nitrogens with zero attached hydrogens (tertiary/aromatic N) is 4. The SMILES string of the molecule is O=C(NCc1nc(-c2ccccc2Cl)no1)C1CC(=O)N(Cc2cccnc2)C1. The Morgan fingerprint density at radius 3 is 2.93 bits per heavy atom. The molecule has 1 fully saturated rings. The minimum Gasteiger partial charge on any atom is -0.347 e. The van der Waals surface area contributed by atoms with Crippen LogP contribution in [0.4, 0.5) is 0 Å². The van der Waals surface area contributed by atoms with E-state index < -0.39 is 5.92 Å². The minimum atomic E-state index is -0.412. The Morgan fingerprint density at radius 2 is 2.14 bits per heavy atom. The van der Waals surface area contributed by atoms with Gasteiger partial charge in [0.2, 0.25) is 23.5 Å². The lowest BCUT2D eigenvalue weighted by molar-refractivity contribution is -0.129. The number of hydrogen-bond acceptors (Lipinski definition) is 6. The van der Waals surface area contributed by atoms with Crippen LogP contribution in [-0.2, 0) is 22.7 Å². The van der Waals surface area contributed by atoms with E-state index in [1.54, 1.807) is 29.4 Å². The molecule has 0 bridgehead atoms. The average Bonchev–Trinajstić information content (AvgIpc) is 3.34. The van der Waals surface area contributed by atoms with Gasteiger partial charge in [-0.3, -0.25) is 14.6 Å². The molecule has 1 saturated heterocycles. The van der Waals surface area contributed by atoms with Crippen LogP contribution in [0.3, 0.4) is 0 Å². The summed E-state index contributed by atoms with van der Waals surface area (Å²) >= 11 is 6.14. The van der Waals surface area contributed by atoms with E-state index in [9.17, 15) is 9.59 Å². The van der Waals surface area contributed by atoms with Gasteiger partial charge < -0.3 is 14.7 Å². The number of nitrogens with one attached hydrogen (secondary N) is 1. The van der Waals surface area contributed by atoms with Crippen molar-refractivity contribution in [2.24, 2.45) is 5.92 Å². The Hall–Kier alpha value is -3.26. The zero-order valence-corrected chi connectivity index (χ0v) is 16.2. The smallest absolute Gasteiger partial charge is 0.246 e. The molecule has 2 amide bonds. The number of carbonyl (C=O) groups is 2. The summed E-state index contributed by atoms with van der Waals surface area (Å²) in [5.41, 5.74) is 1.59. The second kappa shape index (κ2) is 8.40. The molecule has 3 aromatic rings. The zero-order chi connectivity index (χ0) is 20.2. The van der Waals surface area contributed by atoms with E-state index in [1.807, 2.05) is 24.3 Å². The summed E-state index contributed by atoms with van der Waals surface area (Å²) in [5, 5.41) is 7.19. The van der Waals surface area contributed by atoms with Crippen LogP contribution in [0.2, 0.25) is 5.02 Å². The maximum atomic E-state index is 12.5. The lowest BCUT2D eigenvalue weighted by Gasteiger charge is -2.16. The second-order valence-corrected chi connectivity index (χ2v) is 7.15. The third-order valence-corrected chi connectivity index (χ3v) is 5.01. The van der Waals surface area contributed by atoms with Crippen molar-refractivity contribution in [3.8, 4) is 11.4 Å². The molecule has 0 saturated carbocycles. The molecule has 4 rings (SSSR count). The second-order valence-electron chi connectivity index (χ2n) is 6.75. The Labute approximate surface area is 171 Å². The van der Waals surface area contributed by atoms with Gasteiger partial charge in [-0.25, -0.2) is 0 Å². The van der Waals surface area contributed by atoms with E-state index in [0.717, 1.165) is 5.56 Å². The van der Waals surface area contributed by atoms with E-state index in [0.29, 0.717) is 29.5 Å². The van der Waals surface area contributed by atoms with Gasteiger partial charge in [0.1, 0.15) is 0 Å². The molecule has 29 heavy (non-hydrogen) atoms. The molecule has 1 unspecified atom stereocenters. The predicted molar refractivity (Wildman–Crippen MR) is 104 cm³/mol. The molecular formula is C20H18ClN5O3. The molecule has 1 N–H and O–H groups in total. The van der Waals surface area contributed by atoms with Crippen LogP contribution < -0.4 is 5.32 Å². The molecule has 3 heterocycles. The van der Waals surface area contributed by atoms with Gasteiger partial charge >= 0.3 is 0 Å². The topological polar surface area (TPSA) is 101 Å². The maximum Gasteiger partial charge on any atom is 0.246 e. The summed E-state index contributed by atoms with van der Waals surface area (Å²) < 4.78 is 5.19. The number of benzene rings is 1. The first-order chi connectivity index (χ1) is 14.1. The summed E-state index contributed by atoms with van der Waals surface area (Å²) in [4.78, 5) is 34.7. The molecule has 0 spiro atoms. The van der Waals surface area contributed by atoms with Crippen molar-refractivity contribution in [2.75, 3.05) is 6.54 Å². The van der Waals surface area contributed by atoms with E-state index in [-0.39, 0.29) is 30.7 Å². The first-order valence-corrected chi connectivity index (χ1v) is 9.50. The number of likely N-dealkylation sites (tertiary alicyclic amines) is 1. The highest BCUT2D eigenvalue weighted by Crippen LogP contribution is 2.25. The van der Waals surface area contributed by atoms with E-state index in [2.05, 4.69) is 20.4 Å². The van der Waals surface area contributed by atoms with Crippen LogP contribution in [0.25, 0.3) is 11.4 Å². The van der Waals surface area contributed by atoms with Crippen LogP contribution in [0, 0.1) is 5.92 Å². The Bertz CT molecular complexity index is 1020. The highest BCUT2D eigenvalue weighted by molar-refractivity contribution is 6.33. The molecule has 0 radical (unpaired) electrons. The number of aromatic nitrogens is 3. The van der Waals surface area contributed by atoms with Crippen molar-refractivity contribution in [2.45, 2.75) is 19.5 Å². The lowest BCUT2D eigenvalue weighted by Crippen LogP contribution is -2.32. The number of pyridine rings is 1. The lowest BCUT2D eigenvalue weighted by atomic mass is 10.1. The number of carbonyl (C=O) groups excluding carboxylic acids is 2. The van der Waals surface area contributed by atoms with Gasteiger partial charge in [0, 0.05) is 37.5 Å². The Morgan fingerprint density at radius 1 is 1.28 bits per heavy atom. The molecule has 9 heteroatoms. The summed E-state index contributed by atoms with van der Waals surface area (Å²) in [6.07, 6.45) is 3.58. The fourth-order valence-corrected chi connectivity index (χ4v) is 3.42. The standard InChI is InChI=1S/C20H18ClN5O3/c21-16-6-2-1-5-15(16)19-24-17(29-25-19)10-23-20(28)14-8-18(27)26(12-14)11-13-4-3-7-22-9-13/h1-7,9,14H,8,10-12H2,(H,23,28). The van der Waals surface area contributed by atoms with Gasteiger partial charge in [-0.05, 0) is 23.8 Å². The summed E-state index contributed by atoms with van der Waals surface area (Å²) in [7, 11) is 0. The normalized spacial score (nSPS) is 16.2. The van der Waals surface area contributed by atoms with Gasteiger partial charge in [0.25, 0.3) is 0 Å². The van der Waals surface area contributed by atoms with Crippen LogP contribution in [0.1, 0.15) is 17.9 Å². The maximum absolute atomic E-state index is 12.5. The molecular weight excluding hydrogens is 394 g/mol. The Kier molecular flexibility index (Phi) is 5.53. The van der Waals surface area contributed by atoms with Gasteiger partial charge in [0.05, 0.1) is 17.5 Å². The molecule has 1 aliphatic heterocycles. The van der Waals surface area contributed by atoms with Crippen molar-refractivity contribution in [1.29, 1.82) is 0 Å². The van der Waals surface area contributed by atoms with Crippen LogP contribution in [0.15, 0.2) is 53.3 Å². The number of rotatable bonds is 6. The Balaban J connectivity index is 1.32. The monoisotopic (exact) mass is 411 g/mol. The van der Waals surface area contributed by atoms with Gasteiger partial charge in [0.15, 0.2) is 0 Å². The average molecular weight is 412 g/mol. The van der Waals surface area contributed by atoms with Crippen LogP contribution in [-0.4, -0.2) is 38.4 Å². The number of halogens is 1. The zero-order valence-electron chi connectivity index (χ0n) is 15.4. The van der Waals surface area contributed by atoms with Crippen molar-refractivity contribution in [3.63, 3.8) is 0 Å². The quantitative estimate of drug-likeness (QED) is 0.668. The molecule has 2 aromatic heterocycles. The first-order valence-electron chi connectivity index (χ1n) is 9.12. The number of amides is 2. The largest absolute Gasteiger partial charge is 0.347 e. The van der Waals surface area contributed by atoms with Gasteiger partial charge in [-0.15, -0.1) is 0 Å². The summed E-state index contributed by atoms with van der Waals surface area (Å²) in [6.45, 7) is 0.902. The van der Waals surface area contributed by atoms with Crippen molar-refractivity contribution in [1.82, 2.24) is 25.3 Å². The predicted octanol–water partition coefficient (Wildman–Crippen LogP) is 2.45. The minimum absolute atomic E-state index is 0.0483. The molecule has 8 nitrogen and oxygen atoms in total. The number of hydrogen-bond donors (Lipinski definition) is 1. The van der Waals surface area contributed by atoms with Gasteiger partial charge in [-0.1, -0.05) is 35.0 Å². The van der Waals surface area contributed by atoms with E-state index >= 15 is 0 Å². The van der Waals surface area contributed by atoms with E-state index in [1.165, 1.54) is 0 Å². The highest BCUT2D eigenvalue weighted by atomic mass is 35.5. The van der Waals surface area contributed by atoms with Crippen molar-refractivity contribution >= 4 is 23.4 Å². The van der Waals surface area contributed by atoms with E-state index in [4.69, 9.17) is 16.1 Å². The molecule has 1 atom stereocenters.